The van der Waals surface area contributed by atoms with E-state index in [1.165, 1.54) is 0 Å². The van der Waals surface area contributed by atoms with Gasteiger partial charge in [0, 0.05) is 37.4 Å². The summed E-state index contributed by atoms with van der Waals surface area (Å²) < 4.78 is 7.93. The molecule has 0 saturated carbocycles. The molecular formula is C15H15N3O. The maximum Gasteiger partial charge on any atom is 0.219 e. The molecule has 0 aliphatic carbocycles. The van der Waals surface area contributed by atoms with Crippen molar-refractivity contribution in [2.75, 3.05) is 0 Å². The average molecular weight is 253 g/mol. The summed E-state index contributed by atoms with van der Waals surface area (Å²) >= 11 is 0. The molecule has 0 radical (unpaired) electrons. The maximum absolute atomic E-state index is 5.87. The van der Waals surface area contributed by atoms with E-state index in [-0.39, 0.29) is 0 Å². The predicted molar refractivity (Wildman–Crippen MR) is 75.1 cm³/mol. The highest BCUT2D eigenvalue weighted by Crippen LogP contribution is 2.29. The highest BCUT2D eigenvalue weighted by atomic mass is 16.5. The van der Waals surface area contributed by atoms with E-state index >= 15 is 0 Å². The van der Waals surface area contributed by atoms with Crippen molar-refractivity contribution in [3.05, 3.63) is 54.4 Å². The number of nitrogens with zero attached hydrogens (tertiary/aromatic N) is 2. The molecule has 96 valence electrons. The van der Waals surface area contributed by atoms with Gasteiger partial charge >= 0.3 is 0 Å². The first kappa shape index (κ1) is 11.7. The average Bonchev–Trinajstić information content (AvgIpc) is 2.82. The molecule has 3 rings (SSSR count). The number of aryl methyl sites for hydroxylation is 1. The molecular weight excluding hydrogens is 238 g/mol. The molecule has 19 heavy (non-hydrogen) atoms. The van der Waals surface area contributed by atoms with Gasteiger partial charge in [-0.15, -0.1) is 0 Å². The molecule has 2 aromatic heterocycles. The minimum Gasteiger partial charge on any atom is -0.438 e. The van der Waals surface area contributed by atoms with Gasteiger partial charge in [-0.2, -0.15) is 0 Å². The molecule has 2 N–H and O–H groups in total. The van der Waals surface area contributed by atoms with Gasteiger partial charge in [0.15, 0.2) is 0 Å². The van der Waals surface area contributed by atoms with Crippen molar-refractivity contribution >= 4 is 10.9 Å². The van der Waals surface area contributed by atoms with E-state index in [9.17, 15) is 0 Å². The number of nitrogens with two attached hydrogens (primary N) is 1. The number of aromatic nitrogens is 2. The molecule has 0 aliphatic heterocycles. The van der Waals surface area contributed by atoms with Crippen LogP contribution in [0.4, 0.5) is 0 Å². The van der Waals surface area contributed by atoms with E-state index in [0.717, 1.165) is 22.2 Å². The van der Waals surface area contributed by atoms with Gasteiger partial charge in [0.25, 0.3) is 0 Å². The van der Waals surface area contributed by atoms with Crippen LogP contribution in [-0.4, -0.2) is 9.55 Å². The first-order valence-electron chi connectivity index (χ1n) is 6.15. The summed E-state index contributed by atoms with van der Waals surface area (Å²) in [6, 6.07) is 11.8. The van der Waals surface area contributed by atoms with Crippen LogP contribution in [0.1, 0.15) is 5.56 Å². The van der Waals surface area contributed by atoms with Crippen LogP contribution in [0.5, 0.6) is 11.6 Å². The van der Waals surface area contributed by atoms with Gasteiger partial charge in [0.05, 0.1) is 5.52 Å². The van der Waals surface area contributed by atoms with Gasteiger partial charge in [-0.05, 0) is 29.8 Å². The third-order valence-electron chi connectivity index (χ3n) is 3.14. The molecule has 0 spiro atoms. The summed E-state index contributed by atoms with van der Waals surface area (Å²) in [7, 11) is 2.01. The van der Waals surface area contributed by atoms with Crippen molar-refractivity contribution < 1.29 is 4.74 Å². The van der Waals surface area contributed by atoms with E-state index in [1.54, 1.807) is 6.20 Å². The SMILES string of the molecule is Cn1ccc2c(Oc3cc(CN)ccn3)cccc21. The number of fused-ring (bicyclic) bond motifs is 1. The van der Waals surface area contributed by atoms with E-state index in [1.807, 2.05) is 43.6 Å². The summed E-state index contributed by atoms with van der Waals surface area (Å²) in [4.78, 5) is 4.21. The van der Waals surface area contributed by atoms with Crippen LogP contribution in [0.3, 0.4) is 0 Å². The molecule has 4 nitrogen and oxygen atoms in total. The lowest BCUT2D eigenvalue weighted by Crippen LogP contribution is -1.97. The minimum atomic E-state index is 0.481. The summed E-state index contributed by atoms with van der Waals surface area (Å²) in [5.74, 6) is 1.37. The third-order valence-corrected chi connectivity index (χ3v) is 3.14. The summed E-state index contributed by atoms with van der Waals surface area (Å²) in [5.41, 5.74) is 7.76. The van der Waals surface area contributed by atoms with Gasteiger partial charge in [-0.1, -0.05) is 6.07 Å². The lowest BCUT2D eigenvalue weighted by molar-refractivity contribution is 0.467. The molecule has 1 aromatic carbocycles. The zero-order valence-corrected chi connectivity index (χ0v) is 10.7. The van der Waals surface area contributed by atoms with Crippen molar-refractivity contribution in [2.45, 2.75) is 6.54 Å². The number of pyridine rings is 1. The van der Waals surface area contributed by atoms with E-state index < -0.39 is 0 Å². The van der Waals surface area contributed by atoms with Crippen LogP contribution in [0.25, 0.3) is 10.9 Å². The second-order valence-corrected chi connectivity index (χ2v) is 4.42. The van der Waals surface area contributed by atoms with Gasteiger partial charge in [0.2, 0.25) is 5.88 Å². The Morgan fingerprint density at radius 1 is 1.26 bits per heavy atom. The predicted octanol–water partition coefficient (Wildman–Crippen LogP) is 2.82. The van der Waals surface area contributed by atoms with Crippen molar-refractivity contribution in [1.82, 2.24) is 9.55 Å². The fourth-order valence-corrected chi connectivity index (χ4v) is 2.11. The molecule has 2 heterocycles. The molecule has 0 unspecified atom stereocenters. The fourth-order valence-electron chi connectivity index (χ4n) is 2.11. The Morgan fingerprint density at radius 3 is 3.00 bits per heavy atom. The number of rotatable bonds is 3. The van der Waals surface area contributed by atoms with Crippen molar-refractivity contribution in [1.29, 1.82) is 0 Å². The van der Waals surface area contributed by atoms with Gasteiger partial charge in [-0.3, -0.25) is 0 Å². The normalized spacial score (nSPS) is 10.8. The number of benzene rings is 1. The van der Waals surface area contributed by atoms with Crippen molar-refractivity contribution in [2.24, 2.45) is 12.8 Å². The van der Waals surface area contributed by atoms with E-state index in [2.05, 4.69) is 15.6 Å². The zero-order valence-electron chi connectivity index (χ0n) is 10.7. The molecule has 3 aromatic rings. The first-order valence-corrected chi connectivity index (χ1v) is 6.15. The smallest absolute Gasteiger partial charge is 0.219 e. The quantitative estimate of drug-likeness (QED) is 0.781. The van der Waals surface area contributed by atoms with Crippen LogP contribution in [0.15, 0.2) is 48.8 Å². The minimum absolute atomic E-state index is 0.481. The Morgan fingerprint density at radius 2 is 2.16 bits per heavy atom. The van der Waals surface area contributed by atoms with Crippen molar-refractivity contribution in [3.63, 3.8) is 0 Å². The van der Waals surface area contributed by atoms with Gasteiger partial charge in [0.1, 0.15) is 5.75 Å². The summed E-state index contributed by atoms with van der Waals surface area (Å²) in [5, 5.41) is 1.07. The second kappa shape index (κ2) is 4.74. The van der Waals surface area contributed by atoms with Crippen LogP contribution >= 0.6 is 0 Å². The Labute approximate surface area is 111 Å². The second-order valence-electron chi connectivity index (χ2n) is 4.42. The zero-order chi connectivity index (χ0) is 13.2. The number of hydrogen-bond acceptors (Lipinski definition) is 3. The largest absolute Gasteiger partial charge is 0.438 e. The molecule has 0 saturated heterocycles. The topological polar surface area (TPSA) is 53.1 Å². The Bertz CT molecular complexity index is 718. The fraction of sp³-hybridized carbons (Fsp3) is 0.133. The molecule has 0 fully saturated rings. The van der Waals surface area contributed by atoms with E-state index in [4.69, 9.17) is 10.5 Å². The Balaban J connectivity index is 2.00. The lowest BCUT2D eigenvalue weighted by Gasteiger charge is -2.07. The van der Waals surface area contributed by atoms with Crippen LogP contribution < -0.4 is 10.5 Å². The lowest BCUT2D eigenvalue weighted by atomic mass is 10.2. The highest BCUT2D eigenvalue weighted by molar-refractivity contribution is 5.86. The highest BCUT2D eigenvalue weighted by Gasteiger charge is 2.06. The van der Waals surface area contributed by atoms with Crippen LogP contribution in [-0.2, 0) is 13.6 Å². The van der Waals surface area contributed by atoms with Gasteiger partial charge < -0.3 is 15.0 Å². The molecule has 0 atom stereocenters. The molecule has 4 heteroatoms. The molecule has 0 bridgehead atoms. The van der Waals surface area contributed by atoms with E-state index in [0.29, 0.717) is 12.4 Å². The summed E-state index contributed by atoms with van der Waals surface area (Å²) in [6.07, 6.45) is 3.73. The van der Waals surface area contributed by atoms with Crippen molar-refractivity contribution in [3.8, 4) is 11.6 Å². The Hall–Kier alpha value is -2.33. The summed E-state index contributed by atoms with van der Waals surface area (Å²) in [6.45, 7) is 0.481. The first-order chi connectivity index (χ1) is 9.28. The van der Waals surface area contributed by atoms with Crippen LogP contribution in [0, 0.1) is 0 Å². The maximum atomic E-state index is 5.87. The monoisotopic (exact) mass is 253 g/mol. The molecule has 0 amide bonds. The number of hydrogen-bond donors (Lipinski definition) is 1. The van der Waals surface area contributed by atoms with Gasteiger partial charge in [-0.25, -0.2) is 4.98 Å². The molecule has 0 aliphatic rings. The standard InChI is InChI=1S/C15H15N3O/c1-18-8-6-12-13(18)3-2-4-14(12)19-15-9-11(10-16)5-7-17-15/h2-9H,10,16H2,1H3. The number of ether oxygens (including phenoxy) is 1. The third kappa shape index (κ3) is 2.18. The van der Waals surface area contributed by atoms with Crippen LogP contribution in [0.2, 0.25) is 0 Å². The Kier molecular flexibility index (Phi) is 2.93.